The molecule has 3 aromatic rings. The lowest BCUT2D eigenvalue weighted by Crippen LogP contribution is -2.01. The highest BCUT2D eigenvalue weighted by Crippen LogP contribution is 2.19. The molecule has 5 nitrogen and oxygen atoms in total. The van der Waals surface area contributed by atoms with E-state index in [2.05, 4.69) is 31.0 Å². The fourth-order valence-corrected chi connectivity index (χ4v) is 2.01. The minimum absolute atomic E-state index is 0.0994. The molecule has 0 saturated heterocycles. The van der Waals surface area contributed by atoms with E-state index in [9.17, 15) is 4.39 Å². The van der Waals surface area contributed by atoms with Crippen LogP contribution in [-0.4, -0.2) is 19.7 Å². The van der Waals surface area contributed by atoms with E-state index in [1.165, 1.54) is 23.3 Å². The van der Waals surface area contributed by atoms with Crippen LogP contribution in [0.15, 0.2) is 47.3 Å². The van der Waals surface area contributed by atoms with Crippen molar-refractivity contribution in [2.24, 2.45) is 0 Å². The van der Waals surface area contributed by atoms with E-state index in [0.29, 0.717) is 16.0 Å². The van der Waals surface area contributed by atoms with Crippen LogP contribution in [0.2, 0.25) is 0 Å². The van der Waals surface area contributed by atoms with E-state index in [1.807, 2.05) is 0 Å². The van der Waals surface area contributed by atoms with Gasteiger partial charge in [-0.3, -0.25) is 0 Å². The van der Waals surface area contributed by atoms with Crippen LogP contribution in [0.25, 0.3) is 17.2 Å². The summed E-state index contributed by atoms with van der Waals surface area (Å²) < 4.78 is 15.7. The number of anilines is 1. The zero-order valence-electron chi connectivity index (χ0n) is 10.2. The van der Waals surface area contributed by atoms with Crippen LogP contribution in [0.5, 0.6) is 0 Å². The second-order valence-electron chi connectivity index (χ2n) is 4.09. The first-order valence-corrected chi connectivity index (χ1v) is 6.52. The Hall–Kier alpha value is -2.28. The molecule has 7 heteroatoms. The Morgan fingerprint density at radius 1 is 1.15 bits per heavy atom. The van der Waals surface area contributed by atoms with Crippen LogP contribution in [-0.2, 0) is 0 Å². The molecule has 0 radical (unpaired) electrons. The standard InChI is InChI=1S/C13H9BrFN5/c14-9-5-11(15)13(17-6-9)20-7-18-12(19-20)8-1-3-10(16)4-2-8/h1-7H,16H2. The third kappa shape index (κ3) is 2.39. The number of rotatable bonds is 2. The highest BCUT2D eigenvalue weighted by atomic mass is 79.9. The van der Waals surface area contributed by atoms with Gasteiger partial charge in [0.15, 0.2) is 17.5 Å². The first-order valence-electron chi connectivity index (χ1n) is 5.72. The molecule has 2 aromatic heterocycles. The summed E-state index contributed by atoms with van der Waals surface area (Å²) in [6, 6.07) is 8.46. The number of pyridine rings is 1. The number of halogens is 2. The number of nitrogens with two attached hydrogens (primary N) is 1. The number of hydrogen-bond donors (Lipinski definition) is 1. The molecule has 0 saturated carbocycles. The summed E-state index contributed by atoms with van der Waals surface area (Å²) in [5.74, 6) is 0.102. The van der Waals surface area contributed by atoms with Crippen molar-refractivity contribution in [3.63, 3.8) is 0 Å². The van der Waals surface area contributed by atoms with Crippen molar-refractivity contribution in [2.75, 3.05) is 5.73 Å². The van der Waals surface area contributed by atoms with Crippen molar-refractivity contribution >= 4 is 21.6 Å². The van der Waals surface area contributed by atoms with Crippen LogP contribution >= 0.6 is 15.9 Å². The van der Waals surface area contributed by atoms with Crippen LogP contribution in [0.3, 0.4) is 0 Å². The summed E-state index contributed by atoms with van der Waals surface area (Å²) in [7, 11) is 0. The van der Waals surface area contributed by atoms with Crippen molar-refractivity contribution in [3.05, 3.63) is 53.1 Å². The second-order valence-corrected chi connectivity index (χ2v) is 5.01. The van der Waals surface area contributed by atoms with E-state index in [-0.39, 0.29) is 5.82 Å². The maximum absolute atomic E-state index is 13.8. The average Bonchev–Trinajstić information content (AvgIpc) is 2.89. The zero-order chi connectivity index (χ0) is 14.1. The summed E-state index contributed by atoms with van der Waals surface area (Å²) in [5, 5.41) is 4.22. The van der Waals surface area contributed by atoms with Crippen molar-refractivity contribution in [3.8, 4) is 17.2 Å². The summed E-state index contributed by atoms with van der Waals surface area (Å²) in [4.78, 5) is 8.14. The van der Waals surface area contributed by atoms with E-state index in [1.54, 1.807) is 24.3 Å². The van der Waals surface area contributed by atoms with Crippen LogP contribution in [0.1, 0.15) is 0 Å². The molecule has 100 valence electrons. The SMILES string of the molecule is Nc1ccc(-c2ncn(-c3ncc(Br)cc3F)n2)cc1. The van der Waals surface area contributed by atoms with Crippen LogP contribution in [0, 0.1) is 5.82 Å². The van der Waals surface area contributed by atoms with Crippen molar-refractivity contribution in [1.29, 1.82) is 0 Å². The van der Waals surface area contributed by atoms with Gasteiger partial charge in [-0.2, -0.15) is 4.68 Å². The summed E-state index contributed by atoms with van der Waals surface area (Å²) >= 11 is 3.16. The molecule has 1 aromatic carbocycles. The van der Waals surface area contributed by atoms with Gasteiger partial charge in [-0.25, -0.2) is 14.4 Å². The molecule has 3 rings (SSSR count). The number of nitrogens with zero attached hydrogens (tertiary/aromatic N) is 4. The molecule has 2 heterocycles. The first-order chi connectivity index (χ1) is 9.63. The Balaban J connectivity index is 1.99. The molecule has 0 amide bonds. The van der Waals surface area contributed by atoms with Gasteiger partial charge in [0.25, 0.3) is 0 Å². The van der Waals surface area contributed by atoms with Gasteiger partial charge in [0.05, 0.1) is 0 Å². The number of aromatic nitrogens is 4. The Morgan fingerprint density at radius 3 is 2.60 bits per heavy atom. The average molecular weight is 334 g/mol. The molecule has 0 spiro atoms. The van der Waals surface area contributed by atoms with Gasteiger partial charge in [-0.05, 0) is 46.3 Å². The number of hydrogen-bond acceptors (Lipinski definition) is 4. The zero-order valence-corrected chi connectivity index (χ0v) is 11.7. The van der Waals surface area contributed by atoms with Crippen LogP contribution in [0.4, 0.5) is 10.1 Å². The lowest BCUT2D eigenvalue weighted by atomic mass is 10.2. The Labute approximate surface area is 122 Å². The highest BCUT2D eigenvalue weighted by molar-refractivity contribution is 9.10. The van der Waals surface area contributed by atoms with E-state index < -0.39 is 5.82 Å². The molecule has 0 aliphatic rings. The molecular weight excluding hydrogens is 325 g/mol. The lowest BCUT2D eigenvalue weighted by Gasteiger charge is -2.01. The van der Waals surface area contributed by atoms with Gasteiger partial charge in [0.2, 0.25) is 0 Å². The topological polar surface area (TPSA) is 69.6 Å². The molecule has 20 heavy (non-hydrogen) atoms. The molecule has 2 N–H and O–H groups in total. The van der Waals surface area contributed by atoms with Gasteiger partial charge in [0, 0.05) is 21.9 Å². The van der Waals surface area contributed by atoms with Gasteiger partial charge in [0.1, 0.15) is 6.33 Å². The van der Waals surface area contributed by atoms with Gasteiger partial charge < -0.3 is 5.73 Å². The third-order valence-electron chi connectivity index (χ3n) is 2.67. The third-order valence-corrected chi connectivity index (χ3v) is 3.10. The Kier molecular flexibility index (Phi) is 3.19. The van der Waals surface area contributed by atoms with E-state index in [0.717, 1.165) is 5.56 Å². The van der Waals surface area contributed by atoms with Crippen LogP contribution < -0.4 is 5.73 Å². The Morgan fingerprint density at radius 2 is 1.90 bits per heavy atom. The maximum atomic E-state index is 13.8. The van der Waals surface area contributed by atoms with Crippen molar-refractivity contribution in [2.45, 2.75) is 0 Å². The molecule has 0 fully saturated rings. The first kappa shape index (κ1) is 12.7. The molecule has 0 atom stereocenters. The second kappa shape index (κ2) is 5.01. The number of nitrogen functional groups attached to an aromatic ring is 1. The quantitative estimate of drug-likeness (QED) is 0.732. The fourth-order valence-electron chi connectivity index (χ4n) is 1.71. The molecule has 0 aliphatic heterocycles. The minimum Gasteiger partial charge on any atom is -0.399 e. The van der Waals surface area contributed by atoms with Crippen molar-refractivity contribution in [1.82, 2.24) is 19.7 Å². The molecule has 0 unspecified atom stereocenters. The van der Waals surface area contributed by atoms with Gasteiger partial charge >= 0.3 is 0 Å². The number of benzene rings is 1. The predicted molar refractivity (Wildman–Crippen MR) is 76.7 cm³/mol. The van der Waals surface area contributed by atoms with E-state index >= 15 is 0 Å². The largest absolute Gasteiger partial charge is 0.399 e. The smallest absolute Gasteiger partial charge is 0.191 e. The maximum Gasteiger partial charge on any atom is 0.191 e. The Bertz CT molecular complexity index is 754. The lowest BCUT2D eigenvalue weighted by molar-refractivity contribution is 0.599. The fraction of sp³-hybridized carbons (Fsp3) is 0. The molecular formula is C13H9BrFN5. The molecule has 0 bridgehead atoms. The minimum atomic E-state index is -0.479. The summed E-state index contributed by atoms with van der Waals surface area (Å²) in [6.07, 6.45) is 2.92. The summed E-state index contributed by atoms with van der Waals surface area (Å²) in [5.41, 5.74) is 7.09. The van der Waals surface area contributed by atoms with Gasteiger partial charge in [-0.15, -0.1) is 5.10 Å². The van der Waals surface area contributed by atoms with Gasteiger partial charge in [-0.1, -0.05) is 0 Å². The normalized spacial score (nSPS) is 10.7. The van der Waals surface area contributed by atoms with E-state index in [4.69, 9.17) is 5.73 Å². The monoisotopic (exact) mass is 333 g/mol. The summed E-state index contributed by atoms with van der Waals surface area (Å²) in [6.45, 7) is 0. The molecule has 0 aliphatic carbocycles. The van der Waals surface area contributed by atoms with Crippen molar-refractivity contribution < 1.29 is 4.39 Å². The highest BCUT2D eigenvalue weighted by Gasteiger charge is 2.10. The predicted octanol–water partition coefficient (Wildman–Crippen LogP) is 2.81.